The Morgan fingerprint density at radius 1 is 1.21 bits per heavy atom. The van der Waals surface area contributed by atoms with Gasteiger partial charge in [-0.1, -0.05) is 0 Å². The van der Waals surface area contributed by atoms with Crippen LogP contribution in [0.1, 0.15) is 37.9 Å². The van der Waals surface area contributed by atoms with Gasteiger partial charge in [0.2, 0.25) is 5.91 Å². The van der Waals surface area contributed by atoms with Crippen LogP contribution in [-0.2, 0) is 16.0 Å². The third-order valence-electron chi connectivity index (χ3n) is 6.39. The van der Waals surface area contributed by atoms with E-state index in [1.807, 2.05) is 11.8 Å². The summed E-state index contributed by atoms with van der Waals surface area (Å²) >= 11 is 0. The summed E-state index contributed by atoms with van der Waals surface area (Å²) in [7, 11) is 0. The van der Waals surface area contributed by atoms with E-state index >= 15 is 0 Å². The second-order valence-electron chi connectivity index (χ2n) is 8.90. The van der Waals surface area contributed by atoms with E-state index in [1.54, 1.807) is 6.07 Å². The molecule has 0 bridgehead atoms. The van der Waals surface area contributed by atoms with Gasteiger partial charge in [0.25, 0.3) is 0 Å². The highest BCUT2D eigenvalue weighted by molar-refractivity contribution is 5.90. The van der Waals surface area contributed by atoms with Gasteiger partial charge in [-0.15, -0.1) is 0 Å². The first-order valence-electron chi connectivity index (χ1n) is 10.8. The number of aromatic nitrogens is 1. The first-order chi connectivity index (χ1) is 13.9. The van der Waals surface area contributed by atoms with E-state index in [0.29, 0.717) is 24.5 Å². The van der Waals surface area contributed by atoms with E-state index < -0.39 is 0 Å². The van der Waals surface area contributed by atoms with Crippen molar-refractivity contribution in [1.82, 2.24) is 14.8 Å². The number of likely N-dealkylation sites (tertiary alicyclic amines) is 1. The average Bonchev–Trinajstić information content (AvgIpc) is 2.96. The Morgan fingerprint density at radius 3 is 2.59 bits per heavy atom. The number of rotatable bonds is 4. The highest BCUT2D eigenvalue weighted by atomic mass is 19.1. The molecule has 2 unspecified atom stereocenters. The maximum Gasteiger partial charge on any atom is 0.227 e. The molecule has 6 heteroatoms. The van der Waals surface area contributed by atoms with E-state index in [1.165, 1.54) is 12.1 Å². The Kier molecular flexibility index (Phi) is 5.93. The number of carbonyl (C=O) groups is 1. The standard InChI is InChI=1S/C23H32FN3O2/c1-15-12-26(13-16(2)29-15)14-18-6-8-27(9-7-18)23(28)11-20-17(3)25-22-5-4-19(24)10-21(20)22/h4-5,10,15-16,18,25H,6-9,11-14H2,1-3H3. The Hall–Kier alpha value is -1.92. The molecular weight excluding hydrogens is 369 g/mol. The molecule has 0 radical (unpaired) electrons. The van der Waals surface area contributed by atoms with Gasteiger partial charge in [-0.05, 0) is 63.3 Å². The van der Waals surface area contributed by atoms with E-state index in [4.69, 9.17) is 4.74 Å². The van der Waals surface area contributed by atoms with E-state index in [9.17, 15) is 9.18 Å². The summed E-state index contributed by atoms with van der Waals surface area (Å²) < 4.78 is 19.5. The maximum absolute atomic E-state index is 13.7. The average molecular weight is 402 g/mol. The first-order valence-corrected chi connectivity index (χ1v) is 10.8. The molecule has 2 aliphatic heterocycles. The van der Waals surface area contributed by atoms with E-state index in [0.717, 1.165) is 67.7 Å². The summed E-state index contributed by atoms with van der Waals surface area (Å²) in [5, 5.41) is 0.821. The van der Waals surface area contributed by atoms with Crippen molar-refractivity contribution in [3.05, 3.63) is 35.3 Å². The van der Waals surface area contributed by atoms with Crippen molar-refractivity contribution in [1.29, 1.82) is 0 Å². The molecule has 1 amide bonds. The predicted octanol–water partition coefficient (Wildman–Crippen LogP) is 3.51. The van der Waals surface area contributed by atoms with Crippen molar-refractivity contribution < 1.29 is 13.9 Å². The number of aromatic amines is 1. The van der Waals surface area contributed by atoms with Crippen LogP contribution in [0.3, 0.4) is 0 Å². The summed E-state index contributed by atoms with van der Waals surface area (Å²) in [6.45, 7) is 11.0. The van der Waals surface area contributed by atoms with Gasteiger partial charge in [0, 0.05) is 49.3 Å². The minimum atomic E-state index is -0.266. The van der Waals surface area contributed by atoms with Gasteiger partial charge >= 0.3 is 0 Å². The first kappa shape index (κ1) is 20.4. The van der Waals surface area contributed by atoms with Crippen LogP contribution in [0.5, 0.6) is 0 Å². The zero-order chi connectivity index (χ0) is 20.5. The molecule has 5 nitrogen and oxygen atoms in total. The van der Waals surface area contributed by atoms with Crippen LogP contribution in [0.15, 0.2) is 18.2 Å². The monoisotopic (exact) mass is 401 g/mol. The minimum absolute atomic E-state index is 0.144. The number of H-pyrrole nitrogens is 1. The molecule has 158 valence electrons. The lowest BCUT2D eigenvalue weighted by Crippen LogP contribution is -2.48. The van der Waals surface area contributed by atoms with Crippen LogP contribution >= 0.6 is 0 Å². The highest BCUT2D eigenvalue weighted by Crippen LogP contribution is 2.26. The SMILES string of the molecule is Cc1[nH]c2ccc(F)cc2c1CC(=O)N1CCC(CN2CC(C)OC(C)C2)CC1. The lowest BCUT2D eigenvalue weighted by molar-refractivity contribution is -0.132. The van der Waals surface area contributed by atoms with Crippen LogP contribution in [-0.4, -0.2) is 65.6 Å². The van der Waals surface area contributed by atoms with Crippen molar-refractivity contribution in [2.45, 2.75) is 52.2 Å². The minimum Gasteiger partial charge on any atom is -0.373 e. The molecule has 0 saturated carbocycles. The topological polar surface area (TPSA) is 48.6 Å². The molecule has 2 fully saturated rings. The zero-order valence-electron chi connectivity index (χ0n) is 17.7. The van der Waals surface area contributed by atoms with Crippen molar-refractivity contribution in [2.24, 2.45) is 5.92 Å². The lowest BCUT2D eigenvalue weighted by atomic mass is 9.95. The van der Waals surface area contributed by atoms with Gasteiger partial charge in [0.05, 0.1) is 18.6 Å². The number of carbonyl (C=O) groups excluding carboxylic acids is 1. The molecule has 4 rings (SSSR count). The second kappa shape index (κ2) is 8.44. The van der Waals surface area contributed by atoms with Gasteiger partial charge in [0.1, 0.15) is 5.82 Å². The summed E-state index contributed by atoms with van der Waals surface area (Å²) in [5.41, 5.74) is 2.76. The fourth-order valence-corrected chi connectivity index (χ4v) is 5.01. The maximum atomic E-state index is 13.7. The number of fused-ring (bicyclic) bond motifs is 1. The predicted molar refractivity (Wildman–Crippen MR) is 112 cm³/mol. The molecule has 2 saturated heterocycles. The number of halogens is 1. The van der Waals surface area contributed by atoms with Gasteiger partial charge in [-0.2, -0.15) is 0 Å². The number of piperidine rings is 1. The Bertz CT molecular complexity index is 862. The van der Waals surface area contributed by atoms with Gasteiger partial charge in [-0.25, -0.2) is 4.39 Å². The number of nitrogens with one attached hydrogen (secondary N) is 1. The van der Waals surface area contributed by atoms with Crippen LogP contribution in [0.25, 0.3) is 10.9 Å². The second-order valence-corrected chi connectivity index (χ2v) is 8.90. The number of aryl methyl sites for hydroxylation is 1. The number of benzene rings is 1. The Balaban J connectivity index is 1.33. The molecule has 0 spiro atoms. The van der Waals surface area contributed by atoms with Gasteiger partial charge in [0.15, 0.2) is 0 Å². The summed E-state index contributed by atoms with van der Waals surface area (Å²) in [5.74, 6) is 0.517. The number of nitrogens with zero attached hydrogens (tertiary/aromatic N) is 2. The number of hydrogen-bond acceptors (Lipinski definition) is 3. The molecular formula is C23H32FN3O2. The quantitative estimate of drug-likeness (QED) is 0.853. The molecule has 29 heavy (non-hydrogen) atoms. The van der Waals surface area contributed by atoms with E-state index in [2.05, 4.69) is 23.7 Å². The van der Waals surface area contributed by atoms with E-state index in [-0.39, 0.29) is 11.7 Å². The van der Waals surface area contributed by atoms with Crippen molar-refractivity contribution in [3.8, 4) is 0 Å². The van der Waals surface area contributed by atoms with Crippen LogP contribution in [0, 0.1) is 18.7 Å². The zero-order valence-corrected chi connectivity index (χ0v) is 17.7. The molecule has 1 aromatic carbocycles. The lowest BCUT2D eigenvalue weighted by Gasteiger charge is -2.39. The summed E-state index contributed by atoms with van der Waals surface area (Å²) in [4.78, 5) is 20.7. The highest BCUT2D eigenvalue weighted by Gasteiger charge is 2.28. The molecule has 1 N–H and O–H groups in total. The Labute approximate surface area is 172 Å². The van der Waals surface area contributed by atoms with Crippen molar-refractivity contribution in [2.75, 3.05) is 32.7 Å². The third-order valence-corrected chi connectivity index (χ3v) is 6.39. The Morgan fingerprint density at radius 2 is 1.90 bits per heavy atom. The number of ether oxygens (including phenoxy) is 1. The number of amides is 1. The summed E-state index contributed by atoms with van der Waals surface area (Å²) in [6, 6.07) is 4.72. The molecule has 2 aromatic rings. The van der Waals surface area contributed by atoms with Crippen LogP contribution in [0.4, 0.5) is 4.39 Å². The molecule has 0 aliphatic carbocycles. The van der Waals surface area contributed by atoms with Crippen molar-refractivity contribution in [3.63, 3.8) is 0 Å². The number of morpholine rings is 1. The molecule has 2 atom stereocenters. The normalized spacial score (nSPS) is 24.3. The molecule has 1 aromatic heterocycles. The van der Waals surface area contributed by atoms with Crippen LogP contribution in [0.2, 0.25) is 0 Å². The van der Waals surface area contributed by atoms with Crippen LogP contribution < -0.4 is 0 Å². The fourth-order valence-electron chi connectivity index (χ4n) is 5.01. The van der Waals surface area contributed by atoms with Gasteiger partial charge < -0.3 is 14.6 Å². The molecule has 2 aliphatic rings. The third kappa shape index (κ3) is 4.64. The van der Waals surface area contributed by atoms with Crippen molar-refractivity contribution >= 4 is 16.8 Å². The largest absolute Gasteiger partial charge is 0.373 e. The smallest absolute Gasteiger partial charge is 0.227 e. The molecule has 3 heterocycles. The van der Waals surface area contributed by atoms with Gasteiger partial charge in [-0.3, -0.25) is 9.69 Å². The number of hydrogen-bond donors (Lipinski definition) is 1. The summed E-state index contributed by atoms with van der Waals surface area (Å²) in [6.07, 6.45) is 3.02. The fraction of sp³-hybridized carbons (Fsp3) is 0.609.